The van der Waals surface area contributed by atoms with E-state index >= 15 is 0 Å². The van der Waals surface area contributed by atoms with E-state index in [1.165, 1.54) is 25.2 Å². The molecule has 4 heterocycles. The Kier molecular flexibility index (Phi) is 16.6. The zero-order chi connectivity index (χ0) is 47.7. The largest absolute Gasteiger partial charge is 0.459 e. The Hall–Kier alpha value is -3.15. The van der Waals surface area contributed by atoms with Crippen LogP contribution in [0, 0.1) is 29.6 Å². The van der Waals surface area contributed by atoms with Crippen LogP contribution in [0.2, 0.25) is 5.02 Å². The van der Waals surface area contributed by atoms with E-state index in [4.69, 9.17) is 30.5 Å². The van der Waals surface area contributed by atoms with Crippen molar-refractivity contribution in [2.45, 2.75) is 155 Å². The zero-order valence-corrected chi connectivity index (χ0v) is 41.1. The van der Waals surface area contributed by atoms with Crippen LogP contribution in [0.3, 0.4) is 0 Å². The van der Waals surface area contributed by atoms with Crippen LogP contribution in [0.25, 0.3) is 21.6 Å². The van der Waals surface area contributed by atoms with Crippen LogP contribution in [0.1, 0.15) is 105 Å². The van der Waals surface area contributed by atoms with Gasteiger partial charge in [0.2, 0.25) is 0 Å². The van der Waals surface area contributed by atoms with Gasteiger partial charge in [0.1, 0.15) is 35.4 Å². The second-order valence-electron chi connectivity index (χ2n) is 19.8. The highest BCUT2D eigenvalue weighted by Gasteiger charge is 2.50. The molecule has 3 aliphatic heterocycles. The topological polar surface area (TPSA) is 187 Å². The second kappa shape index (κ2) is 21.0. The average Bonchev–Trinajstić information content (AvgIpc) is 3.65. The molecule has 6 unspecified atom stereocenters. The first-order chi connectivity index (χ1) is 30.5. The summed E-state index contributed by atoms with van der Waals surface area (Å²) in [4.78, 5) is 31.0. The monoisotopic (exact) mass is 942 g/mol. The molecule has 0 spiro atoms. The highest BCUT2D eigenvalue weighted by atomic mass is 35.5. The van der Waals surface area contributed by atoms with Crippen molar-refractivity contribution in [2.24, 2.45) is 29.6 Å². The smallest absolute Gasteiger partial charge is 0.311 e. The van der Waals surface area contributed by atoms with E-state index in [9.17, 15) is 35.1 Å². The van der Waals surface area contributed by atoms with E-state index in [2.05, 4.69) is 5.32 Å². The number of aliphatic hydroxyl groups excluding tert-OH is 3. The Morgan fingerprint density at radius 2 is 1.68 bits per heavy atom. The summed E-state index contributed by atoms with van der Waals surface area (Å²) in [7, 11) is 0. The molecule has 0 aliphatic carbocycles. The molecule has 360 valence electrons. The predicted molar refractivity (Wildman–Crippen MR) is 252 cm³/mol. The summed E-state index contributed by atoms with van der Waals surface area (Å²) in [6, 6.07) is 14.3. The number of halogens is 1. The predicted octanol–water partition coefficient (Wildman–Crippen LogP) is 7.66. The number of ether oxygens (including phenoxy) is 4. The first-order valence-electron chi connectivity index (χ1n) is 23.3. The van der Waals surface area contributed by atoms with Crippen molar-refractivity contribution in [3.8, 4) is 33.1 Å². The summed E-state index contributed by atoms with van der Waals surface area (Å²) >= 11 is 7.79. The molecule has 3 aromatic rings. The van der Waals surface area contributed by atoms with Gasteiger partial charge < -0.3 is 49.8 Å². The highest BCUT2D eigenvalue weighted by molar-refractivity contribution is 7.18. The van der Waals surface area contributed by atoms with Gasteiger partial charge in [-0.2, -0.15) is 0 Å². The number of hydrogen-bond donors (Lipinski definition) is 6. The Morgan fingerprint density at radius 1 is 0.985 bits per heavy atom. The van der Waals surface area contributed by atoms with Crippen molar-refractivity contribution in [1.82, 2.24) is 10.2 Å². The van der Waals surface area contributed by atoms with Gasteiger partial charge in [0.25, 0.3) is 5.91 Å². The van der Waals surface area contributed by atoms with Crippen LogP contribution in [0.5, 0.6) is 11.5 Å². The lowest BCUT2D eigenvalue weighted by atomic mass is 9.77. The lowest BCUT2D eigenvalue weighted by Crippen LogP contribution is -2.59. The molecule has 15 heteroatoms. The minimum Gasteiger partial charge on any atom is -0.459 e. The second-order valence-corrected chi connectivity index (χ2v) is 21.2. The Labute approximate surface area is 393 Å². The number of carbonyl (C=O) groups is 2. The van der Waals surface area contributed by atoms with Gasteiger partial charge in [-0.25, -0.2) is 0 Å². The first kappa shape index (κ1) is 51.2. The number of esters is 1. The summed E-state index contributed by atoms with van der Waals surface area (Å²) in [5, 5.41) is 63.3. The van der Waals surface area contributed by atoms with E-state index in [-0.39, 0.29) is 42.6 Å². The maximum atomic E-state index is 13.8. The lowest BCUT2D eigenvalue weighted by molar-refractivity contribution is -0.302. The van der Waals surface area contributed by atoms with E-state index < -0.39 is 71.9 Å². The Bertz CT molecular complexity index is 2110. The SMILES string of the molecule is CC[C@H]1OC(=O)C(C)[C@@H](O)[C@H](C)[C@@H](OC2OC(C)CC(C(C)C)[C@H]2O)[C@](C)(O)C[C@@H](C)CN(CCCNC(=O)c2cc3c(s2)-c2cc(Cl)ccc2Oc2ccccc2-3)C(C)C(O)[C@]1(C)O. The fraction of sp³-hybridized carbons (Fsp3) is 0.640. The highest BCUT2D eigenvalue weighted by Crippen LogP contribution is 2.51. The molecule has 6 N–H and O–H groups in total. The van der Waals surface area contributed by atoms with Crippen molar-refractivity contribution in [2.75, 3.05) is 19.6 Å². The van der Waals surface area contributed by atoms with Gasteiger partial charge >= 0.3 is 5.97 Å². The third-order valence-corrected chi connectivity index (χ3v) is 15.4. The normalized spacial score (nSPS) is 35.1. The number of thiophene rings is 1. The summed E-state index contributed by atoms with van der Waals surface area (Å²) in [5.74, 6) is -1.90. The minimum absolute atomic E-state index is 0.126. The van der Waals surface area contributed by atoms with E-state index in [1.54, 1.807) is 33.8 Å². The van der Waals surface area contributed by atoms with Crippen LogP contribution in [0.15, 0.2) is 48.5 Å². The molecule has 3 aliphatic rings. The zero-order valence-electron chi connectivity index (χ0n) is 39.5. The molecular formula is C50H71ClN2O11S. The molecule has 13 nitrogen and oxygen atoms in total. The van der Waals surface area contributed by atoms with Crippen molar-refractivity contribution in [3.63, 3.8) is 0 Å². The third kappa shape index (κ3) is 11.3. The quantitative estimate of drug-likeness (QED) is 0.0712. The number of para-hydroxylation sites is 1. The van der Waals surface area contributed by atoms with Gasteiger partial charge in [-0.15, -0.1) is 11.3 Å². The molecule has 65 heavy (non-hydrogen) atoms. The number of benzene rings is 2. The standard InChI is InChI=1S/C50H71ClN2O11S/c1-11-40-50(10,60)44(56)31(8)53(20-14-19-52-46(57)39-23-35-33-15-12-13-16-37(33)62-38-18-17-32(51)22-36(38)43(35)65-39)25-27(4)24-49(9,59)45(29(6)41(54)30(7)47(58)63-40)64-48-42(55)34(26(2)3)21-28(5)61-48/h12-13,15-18,22-23,26-31,34,40-42,44-45,48,54-56,59-60H,11,14,19-21,24-25H2,1-10H3,(H,52,57)/t27-,28?,29+,30?,31?,34?,40-,41+,42-,44?,45-,48?,49-,50-/m1/s1. The number of nitrogens with zero attached hydrogens (tertiary/aromatic N) is 1. The fourth-order valence-electron chi connectivity index (χ4n) is 10.3. The molecule has 1 aromatic heterocycles. The Balaban J connectivity index is 1.24. The molecule has 0 radical (unpaired) electrons. The summed E-state index contributed by atoms with van der Waals surface area (Å²) < 4.78 is 24.9. The Morgan fingerprint density at radius 3 is 2.37 bits per heavy atom. The minimum atomic E-state index is -1.89. The van der Waals surface area contributed by atoms with Crippen molar-refractivity contribution >= 4 is 34.8 Å². The number of fused-ring (bicyclic) bond motifs is 5. The average molecular weight is 944 g/mol. The number of nitrogens with one attached hydrogen (secondary N) is 1. The molecule has 1 amide bonds. The van der Waals surface area contributed by atoms with E-state index in [0.717, 1.165) is 21.6 Å². The van der Waals surface area contributed by atoms with Gasteiger partial charge in [0, 0.05) is 58.2 Å². The number of hydrogen-bond acceptors (Lipinski definition) is 13. The molecule has 14 atom stereocenters. The molecule has 2 saturated heterocycles. The van der Waals surface area contributed by atoms with E-state index in [1.807, 2.05) is 75.1 Å². The summed E-state index contributed by atoms with van der Waals surface area (Å²) in [5.41, 5.74) is -0.969. The van der Waals surface area contributed by atoms with Gasteiger partial charge in [-0.1, -0.05) is 64.4 Å². The third-order valence-electron chi connectivity index (χ3n) is 14.0. The molecule has 2 fully saturated rings. The lowest BCUT2D eigenvalue weighted by Gasteiger charge is -2.46. The van der Waals surface area contributed by atoms with Crippen LogP contribution in [0.4, 0.5) is 0 Å². The summed E-state index contributed by atoms with van der Waals surface area (Å²) in [6.07, 6.45) is -5.86. The molecule has 0 bridgehead atoms. The van der Waals surface area contributed by atoms with Gasteiger partial charge in [-0.05, 0) is 108 Å². The number of amides is 1. The van der Waals surface area contributed by atoms with Crippen molar-refractivity contribution < 1.29 is 54.1 Å². The maximum absolute atomic E-state index is 13.8. The first-order valence-corrected chi connectivity index (χ1v) is 24.5. The van der Waals surface area contributed by atoms with Gasteiger partial charge in [-0.3, -0.25) is 14.5 Å². The number of aliphatic hydroxyl groups is 5. The van der Waals surface area contributed by atoms with Gasteiger partial charge in [0.15, 0.2) is 6.29 Å². The number of rotatable bonds is 9. The van der Waals surface area contributed by atoms with Crippen LogP contribution in [-0.4, -0.2) is 122 Å². The van der Waals surface area contributed by atoms with Crippen molar-refractivity contribution in [3.05, 3.63) is 58.4 Å². The number of cyclic esters (lactones) is 1. The van der Waals surface area contributed by atoms with Crippen LogP contribution >= 0.6 is 22.9 Å². The maximum Gasteiger partial charge on any atom is 0.311 e. The molecular weight excluding hydrogens is 872 g/mol. The van der Waals surface area contributed by atoms with Crippen molar-refractivity contribution in [1.29, 1.82) is 0 Å². The summed E-state index contributed by atoms with van der Waals surface area (Å²) in [6.45, 7) is 18.8. The molecule has 6 rings (SSSR count). The fourth-order valence-corrected chi connectivity index (χ4v) is 11.5. The molecule has 0 saturated carbocycles. The van der Waals surface area contributed by atoms with E-state index in [0.29, 0.717) is 53.9 Å². The molecule has 2 aromatic carbocycles. The number of carbonyl (C=O) groups excluding carboxylic acids is 2. The van der Waals surface area contributed by atoms with Crippen LogP contribution < -0.4 is 10.1 Å². The van der Waals surface area contributed by atoms with Gasteiger partial charge in [0.05, 0.1) is 34.7 Å². The van der Waals surface area contributed by atoms with Crippen LogP contribution in [-0.2, 0) is 19.0 Å².